The van der Waals surface area contributed by atoms with Crippen molar-refractivity contribution in [2.75, 3.05) is 33.2 Å². The number of piperidine rings is 1. The van der Waals surface area contributed by atoms with Crippen LogP contribution in [0.1, 0.15) is 40.0 Å². The summed E-state index contributed by atoms with van der Waals surface area (Å²) in [4.78, 5) is 2.54. The van der Waals surface area contributed by atoms with Crippen LogP contribution < -0.4 is 5.32 Å². The SMILES string of the molecule is CCC(CC)(CNC)CN1CCC(O)C(C)C1. The van der Waals surface area contributed by atoms with Gasteiger partial charge < -0.3 is 15.3 Å². The molecule has 102 valence electrons. The Hall–Kier alpha value is -0.120. The van der Waals surface area contributed by atoms with Crippen molar-refractivity contribution < 1.29 is 5.11 Å². The summed E-state index contributed by atoms with van der Waals surface area (Å²) in [5, 5.41) is 13.1. The predicted molar refractivity (Wildman–Crippen MR) is 73.2 cm³/mol. The van der Waals surface area contributed by atoms with Crippen LogP contribution in [0.5, 0.6) is 0 Å². The second-order valence-corrected chi connectivity index (χ2v) is 5.81. The standard InChI is InChI=1S/C14H30N2O/c1-5-14(6-2,10-15-4)11-16-8-7-13(17)12(3)9-16/h12-13,15,17H,5-11H2,1-4H3. The minimum absolute atomic E-state index is 0.0896. The fraction of sp³-hybridized carbons (Fsp3) is 1.00. The van der Waals surface area contributed by atoms with Gasteiger partial charge in [-0.05, 0) is 37.6 Å². The Morgan fingerprint density at radius 2 is 2.00 bits per heavy atom. The minimum Gasteiger partial charge on any atom is -0.393 e. The number of rotatable bonds is 6. The molecule has 1 aliphatic heterocycles. The van der Waals surface area contributed by atoms with E-state index >= 15 is 0 Å². The van der Waals surface area contributed by atoms with Crippen molar-refractivity contribution in [2.45, 2.75) is 46.1 Å². The molecule has 0 aromatic rings. The van der Waals surface area contributed by atoms with Crippen molar-refractivity contribution in [3.8, 4) is 0 Å². The average Bonchev–Trinajstić information content (AvgIpc) is 2.33. The molecule has 0 bridgehead atoms. The number of nitrogens with zero attached hydrogens (tertiary/aromatic N) is 1. The molecule has 2 N–H and O–H groups in total. The normalized spacial score (nSPS) is 27.4. The van der Waals surface area contributed by atoms with Crippen molar-refractivity contribution >= 4 is 0 Å². The molecule has 17 heavy (non-hydrogen) atoms. The summed E-state index contributed by atoms with van der Waals surface area (Å²) in [5.74, 6) is 0.421. The fourth-order valence-electron chi connectivity index (χ4n) is 2.99. The lowest BCUT2D eigenvalue weighted by Gasteiger charge is -2.41. The van der Waals surface area contributed by atoms with E-state index in [1.54, 1.807) is 0 Å². The third-order valence-corrected chi connectivity index (χ3v) is 4.55. The number of aliphatic hydroxyl groups is 1. The van der Waals surface area contributed by atoms with E-state index in [4.69, 9.17) is 0 Å². The Bertz CT molecular complexity index is 216. The van der Waals surface area contributed by atoms with E-state index in [0.29, 0.717) is 11.3 Å². The summed E-state index contributed by atoms with van der Waals surface area (Å²) >= 11 is 0. The monoisotopic (exact) mass is 242 g/mol. The van der Waals surface area contributed by atoms with Gasteiger partial charge in [0.05, 0.1) is 6.10 Å². The van der Waals surface area contributed by atoms with Gasteiger partial charge in [-0.15, -0.1) is 0 Å². The fourth-order valence-corrected chi connectivity index (χ4v) is 2.99. The molecule has 2 atom stereocenters. The van der Waals surface area contributed by atoms with Gasteiger partial charge in [-0.3, -0.25) is 0 Å². The van der Waals surface area contributed by atoms with E-state index in [0.717, 1.165) is 32.6 Å². The van der Waals surface area contributed by atoms with Gasteiger partial charge in [0, 0.05) is 26.2 Å². The molecule has 3 heteroatoms. The van der Waals surface area contributed by atoms with E-state index < -0.39 is 0 Å². The lowest BCUT2D eigenvalue weighted by atomic mass is 9.80. The first-order valence-electron chi connectivity index (χ1n) is 7.12. The van der Waals surface area contributed by atoms with Crippen LogP contribution in [0.3, 0.4) is 0 Å². The summed E-state index contributed by atoms with van der Waals surface area (Å²) < 4.78 is 0. The average molecular weight is 242 g/mol. The van der Waals surface area contributed by atoms with Gasteiger partial charge >= 0.3 is 0 Å². The molecule has 0 radical (unpaired) electrons. The predicted octanol–water partition coefficient (Wildman–Crippen LogP) is 1.71. The van der Waals surface area contributed by atoms with Gasteiger partial charge in [0.25, 0.3) is 0 Å². The van der Waals surface area contributed by atoms with Crippen molar-refractivity contribution in [1.82, 2.24) is 10.2 Å². The van der Waals surface area contributed by atoms with Gasteiger partial charge in [-0.1, -0.05) is 20.8 Å². The van der Waals surface area contributed by atoms with Crippen LogP contribution in [-0.2, 0) is 0 Å². The molecule has 1 fully saturated rings. The second-order valence-electron chi connectivity index (χ2n) is 5.81. The maximum atomic E-state index is 9.77. The first-order chi connectivity index (χ1) is 8.06. The molecule has 0 aromatic carbocycles. The van der Waals surface area contributed by atoms with Gasteiger partial charge in [0.1, 0.15) is 0 Å². The Labute approximate surface area is 107 Å². The van der Waals surface area contributed by atoms with E-state index in [-0.39, 0.29) is 6.10 Å². The van der Waals surface area contributed by atoms with Crippen molar-refractivity contribution in [3.05, 3.63) is 0 Å². The van der Waals surface area contributed by atoms with E-state index in [1.807, 2.05) is 7.05 Å². The first-order valence-corrected chi connectivity index (χ1v) is 7.12. The first kappa shape index (κ1) is 14.9. The van der Waals surface area contributed by atoms with Gasteiger partial charge in [0.15, 0.2) is 0 Å². The summed E-state index contributed by atoms with van der Waals surface area (Å²) in [5.41, 5.74) is 0.400. The van der Waals surface area contributed by atoms with Crippen molar-refractivity contribution in [1.29, 1.82) is 0 Å². The molecular weight excluding hydrogens is 212 g/mol. The Morgan fingerprint density at radius 1 is 1.35 bits per heavy atom. The van der Waals surface area contributed by atoms with Gasteiger partial charge in [-0.25, -0.2) is 0 Å². The Morgan fingerprint density at radius 3 is 2.47 bits per heavy atom. The zero-order valence-electron chi connectivity index (χ0n) is 12.0. The van der Waals surface area contributed by atoms with Crippen molar-refractivity contribution in [2.24, 2.45) is 11.3 Å². The molecule has 1 rings (SSSR count). The molecule has 3 nitrogen and oxygen atoms in total. The number of hydrogen-bond donors (Lipinski definition) is 2. The molecule has 0 amide bonds. The van der Waals surface area contributed by atoms with Crippen LogP contribution in [-0.4, -0.2) is 49.3 Å². The number of nitrogens with one attached hydrogen (secondary N) is 1. The van der Waals surface area contributed by atoms with Crippen LogP contribution in [0.2, 0.25) is 0 Å². The van der Waals surface area contributed by atoms with Crippen LogP contribution >= 0.6 is 0 Å². The largest absolute Gasteiger partial charge is 0.393 e. The van der Waals surface area contributed by atoms with Crippen LogP contribution in [0, 0.1) is 11.3 Å². The summed E-state index contributed by atoms with van der Waals surface area (Å²) in [6.45, 7) is 11.1. The lowest BCUT2D eigenvalue weighted by Crippen LogP contribution is -2.49. The van der Waals surface area contributed by atoms with Crippen LogP contribution in [0.25, 0.3) is 0 Å². The molecule has 0 saturated carbocycles. The number of hydrogen-bond acceptors (Lipinski definition) is 3. The Balaban J connectivity index is 2.55. The summed E-state index contributed by atoms with van der Waals surface area (Å²) in [7, 11) is 2.04. The highest BCUT2D eigenvalue weighted by molar-refractivity contribution is 4.86. The number of likely N-dealkylation sites (tertiary alicyclic amines) is 1. The molecule has 2 unspecified atom stereocenters. The summed E-state index contributed by atoms with van der Waals surface area (Å²) in [6.07, 6.45) is 3.29. The third kappa shape index (κ3) is 3.94. The molecule has 0 aromatic heterocycles. The zero-order chi connectivity index (χ0) is 12.9. The molecule has 0 spiro atoms. The maximum Gasteiger partial charge on any atom is 0.0590 e. The molecule has 1 saturated heterocycles. The van der Waals surface area contributed by atoms with Crippen LogP contribution in [0.15, 0.2) is 0 Å². The topological polar surface area (TPSA) is 35.5 Å². The lowest BCUT2D eigenvalue weighted by molar-refractivity contribution is 0.0146. The molecular formula is C14H30N2O. The highest BCUT2D eigenvalue weighted by Crippen LogP contribution is 2.29. The molecule has 0 aliphatic carbocycles. The summed E-state index contributed by atoms with van der Waals surface area (Å²) in [6, 6.07) is 0. The third-order valence-electron chi connectivity index (χ3n) is 4.55. The quantitative estimate of drug-likeness (QED) is 0.744. The highest BCUT2D eigenvalue weighted by atomic mass is 16.3. The zero-order valence-corrected chi connectivity index (χ0v) is 12.0. The van der Waals surface area contributed by atoms with Gasteiger partial charge in [-0.2, -0.15) is 0 Å². The minimum atomic E-state index is -0.0896. The van der Waals surface area contributed by atoms with Gasteiger partial charge in [0.2, 0.25) is 0 Å². The van der Waals surface area contributed by atoms with Crippen LogP contribution in [0.4, 0.5) is 0 Å². The smallest absolute Gasteiger partial charge is 0.0590 e. The molecule has 1 heterocycles. The van der Waals surface area contributed by atoms with E-state index in [1.165, 1.54) is 12.8 Å². The highest BCUT2D eigenvalue weighted by Gasteiger charge is 2.31. The second kappa shape index (κ2) is 6.72. The Kier molecular flexibility index (Phi) is 5.90. The number of aliphatic hydroxyl groups excluding tert-OH is 1. The van der Waals surface area contributed by atoms with Crippen molar-refractivity contribution in [3.63, 3.8) is 0 Å². The van der Waals surface area contributed by atoms with E-state index in [2.05, 4.69) is 31.0 Å². The maximum absolute atomic E-state index is 9.77. The van der Waals surface area contributed by atoms with E-state index in [9.17, 15) is 5.11 Å². The molecule has 1 aliphatic rings.